The van der Waals surface area contributed by atoms with Crippen molar-refractivity contribution in [2.45, 2.75) is 0 Å². The summed E-state index contributed by atoms with van der Waals surface area (Å²) in [6.07, 6.45) is 0. The zero-order chi connectivity index (χ0) is 57.3. The van der Waals surface area contributed by atoms with Crippen molar-refractivity contribution in [2.75, 3.05) is 0 Å². The zero-order valence-corrected chi connectivity index (χ0v) is 47.7. The highest BCUT2D eigenvalue weighted by molar-refractivity contribution is 6.27. The largest absolute Gasteiger partial charge is 0.309 e. The monoisotopic (exact) mass is 1110 g/mol. The first-order valence-corrected chi connectivity index (χ1v) is 30.5. The molecule has 0 spiro atoms. The maximum absolute atomic E-state index is 2.55. The van der Waals surface area contributed by atoms with Gasteiger partial charge in [-0.3, -0.25) is 0 Å². The number of hydrogen-bond donors (Lipinski definition) is 0. The number of rotatable bonds is 4. The van der Waals surface area contributed by atoms with Gasteiger partial charge in [0.05, 0.1) is 49.8 Å². The molecule has 88 heavy (non-hydrogen) atoms. The minimum absolute atomic E-state index is 1.10. The molecule has 0 saturated carbocycles. The number of hydrogen-bond acceptors (Lipinski definition) is 0. The van der Waals surface area contributed by atoms with E-state index in [1.807, 2.05) is 0 Å². The highest BCUT2D eigenvalue weighted by atomic mass is 15.0. The Hall–Kier alpha value is -11.7. The van der Waals surface area contributed by atoms with Crippen molar-refractivity contribution in [2.24, 2.45) is 0 Å². The normalized spacial score (nSPS) is 12.3. The minimum Gasteiger partial charge on any atom is -0.309 e. The van der Waals surface area contributed by atoms with Gasteiger partial charge in [0.15, 0.2) is 0 Å². The lowest BCUT2D eigenvalue weighted by Gasteiger charge is -2.27. The van der Waals surface area contributed by atoms with Gasteiger partial charge in [-0.2, -0.15) is 0 Å². The van der Waals surface area contributed by atoms with Crippen molar-refractivity contribution in [3.63, 3.8) is 0 Å². The molecule has 4 aromatic heterocycles. The molecule has 0 saturated heterocycles. The molecule has 0 unspecified atom stereocenters. The van der Waals surface area contributed by atoms with Gasteiger partial charge in [0.2, 0.25) is 0 Å². The molecule has 0 fully saturated rings. The molecular weight excluding hydrogens is 1060 g/mol. The van der Waals surface area contributed by atoms with E-state index in [1.165, 1.54) is 142 Å². The second-order valence-corrected chi connectivity index (χ2v) is 23.9. The maximum atomic E-state index is 2.55. The van der Waals surface area contributed by atoms with Crippen molar-refractivity contribution in [3.8, 4) is 67.3 Å². The summed E-state index contributed by atoms with van der Waals surface area (Å²) in [6.45, 7) is 0. The Balaban J connectivity index is 0.888. The Morgan fingerprint density at radius 2 is 0.443 bits per heavy atom. The summed E-state index contributed by atoms with van der Waals surface area (Å²) in [5.74, 6) is 0. The predicted molar refractivity (Wildman–Crippen MR) is 372 cm³/mol. The molecule has 4 nitrogen and oxygen atoms in total. The molecule has 1 aliphatic rings. The molecule has 15 aromatic carbocycles. The second kappa shape index (κ2) is 17.9. The fourth-order valence-electron chi connectivity index (χ4n) is 15.8. The zero-order valence-electron chi connectivity index (χ0n) is 47.7. The van der Waals surface area contributed by atoms with Crippen LogP contribution < -0.4 is 0 Å². The highest BCUT2D eigenvalue weighted by Gasteiger charge is 2.29. The van der Waals surface area contributed by atoms with Gasteiger partial charge in [0, 0.05) is 65.7 Å². The number of para-hydroxylation sites is 6. The highest BCUT2D eigenvalue weighted by Crippen LogP contribution is 2.53. The van der Waals surface area contributed by atoms with Crippen molar-refractivity contribution < 1.29 is 0 Å². The maximum Gasteiger partial charge on any atom is 0.0547 e. The topological polar surface area (TPSA) is 19.7 Å². The predicted octanol–water partition coefficient (Wildman–Crippen LogP) is 22.5. The van der Waals surface area contributed by atoms with E-state index in [9.17, 15) is 0 Å². The van der Waals surface area contributed by atoms with Gasteiger partial charge in [-0.15, -0.1) is 0 Å². The smallest absolute Gasteiger partial charge is 0.0547 e. The van der Waals surface area contributed by atoms with Gasteiger partial charge in [-0.1, -0.05) is 200 Å². The van der Waals surface area contributed by atoms with Crippen molar-refractivity contribution in [3.05, 3.63) is 303 Å². The Labute approximate surface area is 505 Å². The van der Waals surface area contributed by atoms with E-state index < -0.39 is 0 Å². The summed E-state index contributed by atoms with van der Waals surface area (Å²) in [5, 5.41) is 17.4. The number of nitrogens with zero attached hydrogens (tertiary/aromatic N) is 4. The van der Waals surface area contributed by atoms with Crippen molar-refractivity contribution in [1.82, 2.24) is 18.3 Å². The van der Waals surface area contributed by atoms with Crippen LogP contribution in [0.15, 0.2) is 303 Å². The lowest BCUT2D eigenvalue weighted by Crippen LogP contribution is -2.04. The molecule has 0 N–H and O–H groups in total. The van der Waals surface area contributed by atoms with Crippen LogP contribution in [0.25, 0.3) is 187 Å². The first-order valence-electron chi connectivity index (χ1n) is 30.5. The van der Waals surface area contributed by atoms with E-state index in [0.717, 1.165) is 44.8 Å². The molecule has 0 bridgehead atoms. The minimum atomic E-state index is 1.10. The Morgan fingerprint density at radius 3 is 0.886 bits per heavy atom. The van der Waals surface area contributed by atoms with Crippen LogP contribution in [0.1, 0.15) is 0 Å². The second-order valence-electron chi connectivity index (χ2n) is 23.9. The third-order valence-electron chi connectivity index (χ3n) is 19.5. The average molecular weight is 1120 g/mol. The lowest BCUT2D eigenvalue weighted by molar-refractivity contribution is 1.16. The van der Waals surface area contributed by atoms with Gasteiger partial charge in [-0.25, -0.2) is 0 Å². The third kappa shape index (κ3) is 6.47. The first-order chi connectivity index (χ1) is 43.7. The van der Waals surface area contributed by atoms with Crippen LogP contribution in [0.3, 0.4) is 0 Å². The molecule has 0 radical (unpaired) electrons. The van der Waals surface area contributed by atoms with Gasteiger partial charge in [0.25, 0.3) is 0 Å². The molecule has 406 valence electrons. The SMILES string of the molecule is c1ccc2c(c1)-c1cc3c4ccccc4c4ccccc4c3cc1-c1ccc(-n3c4ccccc4c4cc(-n5c6ccccc6c6ccccc65)ccc43)cc1-c1c-2cccc1-n1c2ccccc2c2cc(-n3c4ccccc4c4ccccc43)ccc21. The molecule has 1 aliphatic carbocycles. The summed E-state index contributed by atoms with van der Waals surface area (Å²) in [4.78, 5) is 0. The summed E-state index contributed by atoms with van der Waals surface area (Å²) < 4.78 is 9.94. The molecule has 20 rings (SSSR count). The lowest BCUT2D eigenvalue weighted by atomic mass is 9.78. The van der Waals surface area contributed by atoms with E-state index >= 15 is 0 Å². The van der Waals surface area contributed by atoms with E-state index in [1.54, 1.807) is 0 Å². The fraction of sp³-hybridized carbons (Fsp3) is 0. The van der Waals surface area contributed by atoms with Crippen LogP contribution in [0.5, 0.6) is 0 Å². The van der Waals surface area contributed by atoms with E-state index in [2.05, 4.69) is 322 Å². The Bertz CT molecular complexity index is 6150. The van der Waals surface area contributed by atoms with E-state index in [0.29, 0.717) is 0 Å². The van der Waals surface area contributed by atoms with Crippen LogP contribution in [0.4, 0.5) is 0 Å². The third-order valence-corrected chi connectivity index (χ3v) is 19.5. The van der Waals surface area contributed by atoms with Gasteiger partial charge in [0.1, 0.15) is 0 Å². The standard InChI is InChI=1S/C84H50N4/c1-4-23-57-54(20-1)55-21-2-5-24-58(55)69-50-71-60-43-40-51(87-79-37-17-11-30-65(79)72-46-52(41-44-81(72)87)85-75-33-13-7-26-61(75)62-27-8-14-34-76(62)85)48-74(60)84-67(56-22-3-6-25-59(56)70(71)49-68(57)69)32-19-39-83(84)88-80-38-18-12-31-66(80)73-47-53(42-45-82(73)88)86-77-35-15-9-28-63(77)64-29-10-16-36-78(64)86/h1-50H. The van der Waals surface area contributed by atoms with Crippen LogP contribution in [0.2, 0.25) is 0 Å². The molecule has 0 aliphatic heterocycles. The van der Waals surface area contributed by atoms with Crippen LogP contribution in [0, 0.1) is 0 Å². The van der Waals surface area contributed by atoms with E-state index in [4.69, 9.17) is 0 Å². The summed E-state index contributed by atoms with van der Waals surface area (Å²) in [6, 6.07) is 114. The first kappa shape index (κ1) is 47.6. The van der Waals surface area contributed by atoms with Crippen LogP contribution >= 0.6 is 0 Å². The Morgan fingerprint density at radius 1 is 0.148 bits per heavy atom. The molecular formula is C84H50N4. The van der Waals surface area contributed by atoms with Crippen LogP contribution in [-0.4, -0.2) is 18.3 Å². The van der Waals surface area contributed by atoms with Crippen molar-refractivity contribution >= 4 is 120 Å². The molecule has 4 heterocycles. The van der Waals surface area contributed by atoms with Crippen LogP contribution in [-0.2, 0) is 0 Å². The Kier molecular flexibility index (Phi) is 9.69. The summed E-state index contributed by atoms with van der Waals surface area (Å²) >= 11 is 0. The summed E-state index contributed by atoms with van der Waals surface area (Å²) in [7, 11) is 0. The quantitative estimate of drug-likeness (QED) is 0.157. The number of aromatic nitrogens is 4. The summed E-state index contributed by atoms with van der Waals surface area (Å²) in [5.41, 5.74) is 23.5. The fourth-order valence-corrected chi connectivity index (χ4v) is 15.8. The van der Waals surface area contributed by atoms with Crippen molar-refractivity contribution in [1.29, 1.82) is 0 Å². The number of fused-ring (bicyclic) bond motifs is 26. The van der Waals surface area contributed by atoms with Gasteiger partial charge >= 0.3 is 0 Å². The molecule has 19 aromatic rings. The molecule has 4 heteroatoms. The van der Waals surface area contributed by atoms with E-state index in [-0.39, 0.29) is 0 Å². The molecule has 0 atom stereocenters. The average Bonchev–Trinajstić information content (AvgIpc) is 1.18. The van der Waals surface area contributed by atoms with Gasteiger partial charge < -0.3 is 18.3 Å². The molecule has 0 amide bonds. The number of benzene rings is 15. The van der Waals surface area contributed by atoms with Gasteiger partial charge in [-0.05, 0) is 174 Å².